The SMILES string of the molecule is CC(C)(CC(=O)O)CC(=O)N[C@@H](Cc1ccccc1)[C@H](O)C(=O)N1CSC[C@H]1C(=O)NC(C)(C)C. The highest BCUT2D eigenvalue weighted by molar-refractivity contribution is 7.99. The highest BCUT2D eigenvalue weighted by Crippen LogP contribution is 2.26. The number of thioether (sulfide) groups is 1. The van der Waals surface area contributed by atoms with Gasteiger partial charge in [-0.05, 0) is 38.2 Å². The van der Waals surface area contributed by atoms with Crippen molar-refractivity contribution in [1.82, 2.24) is 15.5 Å². The van der Waals surface area contributed by atoms with Crippen LogP contribution in [0.3, 0.4) is 0 Å². The van der Waals surface area contributed by atoms with E-state index in [-0.39, 0.29) is 31.0 Å². The fraction of sp³-hybridized carbons (Fsp3) is 0.600. The number of hydrogen-bond donors (Lipinski definition) is 4. The molecule has 3 amide bonds. The number of amides is 3. The van der Waals surface area contributed by atoms with Gasteiger partial charge < -0.3 is 25.7 Å². The van der Waals surface area contributed by atoms with Gasteiger partial charge in [-0.25, -0.2) is 0 Å². The van der Waals surface area contributed by atoms with Crippen molar-refractivity contribution in [2.75, 3.05) is 11.6 Å². The Kier molecular flexibility index (Phi) is 9.74. The molecule has 3 atom stereocenters. The van der Waals surface area contributed by atoms with Gasteiger partial charge in [-0.1, -0.05) is 44.2 Å². The first-order valence-electron chi connectivity index (χ1n) is 11.6. The highest BCUT2D eigenvalue weighted by Gasteiger charge is 2.41. The van der Waals surface area contributed by atoms with Crippen molar-refractivity contribution >= 4 is 35.5 Å². The van der Waals surface area contributed by atoms with Gasteiger partial charge in [0.2, 0.25) is 11.8 Å². The summed E-state index contributed by atoms with van der Waals surface area (Å²) in [4.78, 5) is 51.4. The Morgan fingerprint density at radius 3 is 2.29 bits per heavy atom. The van der Waals surface area contributed by atoms with E-state index >= 15 is 0 Å². The monoisotopic (exact) mass is 507 g/mol. The molecule has 9 nitrogen and oxygen atoms in total. The van der Waals surface area contributed by atoms with Crippen LogP contribution in [-0.4, -0.2) is 74.2 Å². The lowest BCUT2D eigenvalue weighted by Gasteiger charge is -2.32. The Morgan fingerprint density at radius 2 is 1.71 bits per heavy atom. The minimum atomic E-state index is -1.58. The molecular weight excluding hydrogens is 470 g/mol. The molecule has 4 N–H and O–H groups in total. The number of aliphatic hydroxyl groups is 1. The zero-order valence-corrected chi connectivity index (χ0v) is 21.9. The van der Waals surface area contributed by atoms with Crippen LogP contribution in [0.4, 0.5) is 0 Å². The van der Waals surface area contributed by atoms with Crippen LogP contribution in [0.5, 0.6) is 0 Å². The van der Waals surface area contributed by atoms with E-state index in [4.69, 9.17) is 5.11 Å². The Labute approximate surface area is 211 Å². The molecule has 0 saturated carbocycles. The van der Waals surface area contributed by atoms with Crippen LogP contribution in [0.25, 0.3) is 0 Å². The van der Waals surface area contributed by atoms with Crippen molar-refractivity contribution in [1.29, 1.82) is 0 Å². The van der Waals surface area contributed by atoms with Gasteiger partial charge >= 0.3 is 5.97 Å². The van der Waals surface area contributed by atoms with Crippen LogP contribution in [-0.2, 0) is 25.6 Å². The molecule has 2 rings (SSSR count). The van der Waals surface area contributed by atoms with Gasteiger partial charge in [0.15, 0.2) is 6.10 Å². The van der Waals surface area contributed by atoms with Crippen LogP contribution in [0.15, 0.2) is 30.3 Å². The van der Waals surface area contributed by atoms with Gasteiger partial charge in [-0.15, -0.1) is 11.8 Å². The molecule has 1 fully saturated rings. The molecule has 10 heteroatoms. The van der Waals surface area contributed by atoms with Gasteiger partial charge in [0.05, 0.1) is 18.3 Å². The van der Waals surface area contributed by atoms with Crippen molar-refractivity contribution in [3.05, 3.63) is 35.9 Å². The molecule has 35 heavy (non-hydrogen) atoms. The van der Waals surface area contributed by atoms with Crippen molar-refractivity contribution in [3.63, 3.8) is 0 Å². The average molecular weight is 508 g/mol. The molecule has 1 aromatic carbocycles. The van der Waals surface area contributed by atoms with E-state index in [2.05, 4.69) is 10.6 Å². The highest BCUT2D eigenvalue weighted by atomic mass is 32.2. The number of aliphatic carboxylic acids is 1. The summed E-state index contributed by atoms with van der Waals surface area (Å²) in [6.07, 6.45) is -1.66. The summed E-state index contributed by atoms with van der Waals surface area (Å²) in [6, 6.07) is 7.47. The van der Waals surface area contributed by atoms with Gasteiger partial charge in [0, 0.05) is 17.7 Å². The molecule has 1 aliphatic rings. The quantitative estimate of drug-likeness (QED) is 0.379. The predicted octanol–water partition coefficient (Wildman–Crippen LogP) is 1.78. The van der Waals surface area contributed by atoms with Gasteiger partial charge in [0.1, 0.15) is 6.04 Å². The van der Waals surface area contributed by atoms with Crippen molar-refractivity contribution in [3.8, 4) is 0 Å². The van der Waals surface area contributed by atoms with Crippen LogP contribution in [0.2, 0.25) is 0 Å². The molecular formula is C25H37N3O6S. The molecule has 0 unspecified atom stereocenters. The molecule has 1 saturated heterocycles. The predicted molar refractivity (Wildman–Crippen MR) is 135 cm³/mol. The second-order valence-electron chi connectivity index (χ2n) is 10.8. The van der Waals surface area contributed by atoms with Crippen LogP contribution in [0.1, 0.15) is 53.0 Å². The van der Waals surface area contributed by atoms with Crippen molar-refractivity contribution in [2.24, 2.45) is 5.41 Å². The Hall–Kier alpha value is -2.59. The van der Waals surface area contributed by atoms with Crippen molar-refractivity contribution in [2.45, 2.75) is 77.6 Å². The second kappa shape index (κ2) is 11.9. The lowest BCUT2D eigenvalue weighted by Crippen LogP contribution is -2.57. The van der Waals surface area contributed by atoms with Gasteiger partial charge in [0.25, 0.3) is 5.91 Å². The van der Waals surface area contributed by atoms with E-state index in [1.54, 1.807) is 13.8 Å². The Bertz CT molecular complexity index is 916. The van der Waals surface area contributed by atoms with E-state index in [1.807, 2.05) is 51.1 Å². The first-order valence-corrected chi connectivity index (χ1v) is 12.8. The maximum absolute atomic E-state index is 13.3. The number of carbonyl (C=O) groups is 4. The molecule has 0 radical (unpaired) electrons. The zero-order chi connectivity index (χ0) is 26.4. The summed E-state index contributed by atoms with van der Waals surface area (Å²) in [5, 5.41) is 25.8. The Morgan fingerprint density at radius 1 is 1.09 bits per heavy atom. The maximum atomic E-state index is 13.3. The smallest absolute Gasteiger partial charge is 0.303 e. The molecule has 1 aromatic rings. The maximum Gasteiger partial charge on any atom is 0.303 e. The van der Waals surface area contributed by atoms with Gasteiger partial charge in [-0.3, -0.25) is 19.2 Å². The minimum Gasteiger partial charge on any atom is -0.481 e. The van der Waals surface area contributed by atoms with Crippen LogP contribution in [0, 0.1) is 5.41 Å². The normalized spacial score (nSPS) is 18.0. The number of nitrogens with one attached hydrogen (secondary N) is 2. The molecule has 1 aliphatic heterocycles. The molecule has 1 heterocycles. The topological polar surface area (TPSA) is 136 Å². The number of carboxylic acids is 1. The number of rotatable bonds is 10. The minimum absolute atomic E-state index is 0.0817. The number of benzene rings is 1. The number of hydrogen-bond acceptors (Lipinski definition) is 6. The molecule has 0 aliphatic carbocycles. The standard InChI is InChI=1S/C25H37N3O6S/c1-24(2,3)27-22(33)18-14-35-15-28(18)23(34)21(32)17(11-16-9-7-6-8-10-16)26-19(29)12-25(4,5)13-20(30)31/h6-10,17-18,21,32H,11-15H2,1-5H3,(H,26,29)(H,27,33)(H,30,31)/t17-,18-,21-/m0/s1. The number of aliphatic hydroxyl groups excluding tert-OH is 1. The largest absolute Gasteiger partial charge is 0.481 e. The van der Waals surface area contributed by atoms with E-state index in [0.717, 1.165) is 5.56 Å². The molecule has 0 aromatic heterocycles. The summed E-state index contributed by atoms with van der Waals surface area (Å²) in [6.45, 7) is 8.91. The van der Waals surface area contributed by atoms with E-state index in [0.29, 0.717) is 5.75 Å². The number of carboxylic acid groups (broad SMARTS) is 1. The summed E-state index contributed by atoms with van der Waals surface area (Å²) in [5.41, 5.74) is -0.457. The van der Waals surface area contributed by atoms with E-state index in [9.17, 15) is 24.3 Å². The summed E-state index contributed by atoms with van der Waals surface area (Å²) < 4.78 is 0. The molecule has 0 bridgehead atoms. The molecule has 0 spiro atoms. The fourth-order valence-electron chi connectivity index (χ4n) is 3.95. The second-order valence-corrected chi connectivity index (χ2v) is 11.8. The van der Waals surface area contributed by atoms with E-state index < -0.39 is 46.9 Å². The lowest BCUT2D eigenvalue weighted by molar-refractivity contribution is -0.147. The lowest BCUT2D eigenvalue weighted by atomic mass is 9.85. The summed E-state index contributed by atoms with van der Waals surface area (Å²) >= 11 is 1.42. The third-order valence-corrected chi connectivity index (χ3v) is 6.53. The first-order chi connectivity index (χ1) is 16.2. The molecule has 194 valence electrons. The fourth-order valence-corrected chi connectivity index (χ4v) is 5.11. The first kappa shape index (κ1) is 28.6. The van der Waals surface area contributed by atoms with Crippen LogP contribution < -0.4 is 10.6 Å². The average Bonchev–Trinajstić information content (AvgIpc) is 3.20. The third kappa shape index (κ3) is 9.18. The number of carbonyl (C=O) groups excluding carboxylic acids is 3. The number of nitrogens with zero attached hydrogens (tertiary/aromatic N) is 1. The van der Waals surface area contributed by atoms with Crippen LogP contribution >= 0.6 is 11.8 Å². The third-order valence-electron chi connectivity index (χ3n) is 5.51. The van der Waals surface area contributed by atoms with E-state index in [1.165, 1.54) is 16.7 Å². The van der Waals surface area contributed by atoms with Crippen molar-refractivity contribution < 1.29 is 29.4 Å². The summed E-state index contributed by atoms with van der Waals surface area (Å²) in [7, 11) is 0. The Balaban J connectivity index is 2.20. The van der Waals surface area contributed by atoms with Gasteiger partial charge in [-0.2, -0.15) is 0 Å². The zero-order valence-electron chi connectivity index (χ0n) is 21.0. The summed E-state index contributed by atoms with van der Waals surface area (Å²) in [5.74, 6) is -1.71.